The van der Waals surface area contributed by atoms with Gasteiger partial charge in [0.05, 0.1) is 6.61 Å². The van der Waals surface area contributed by atoms with E-state index < -0.39 is 0 Å². The van der Waals surface area contributed by atoms with Crippen LogP contribution >= 0.6 is 0 Å². The topological polar surface area (TPSA) is 24.5 Å². The SMILES string of the molecule is CCNCC1(CN(C)CC(C)C)CCOC1. The maximum Gasteiger partial charge on any atom is 0.0547 e. The first-order chi connectivity index (χ1) is 7.58. The highest BCUT2D eigenvalue weighted by Gasteiger charge is 2.35. The summed E-state index contributed by atoms with van der Waals surface area (Å²) < 4.78 is 5.60. The molecule has 1 atom stereocenters. The van der Waals surface area contributed by atoms with E-state index in [9.17, 15) is 0 Å². The van der Waals surface area contributed by atoms with Crippen LogP contribution in [0.4, 0.5) is 0 Å². The molecule has 1 unspecified atom stereocenters. The van der Waals surface area contributed by atoms with Gasteiger partial charge in [0.15, 0.2) is 0 Å². The van der Waals surface area contributed by atoms with Crippen LogP contribution in [0.1, 0.15) is 27.2 Å². The van der Waals surface area contributed by atoms with Gasteiger partial charge in [0.25, 0.3) is 0 Å². The molecule has 1 saturated heterocycles. The smallest absolute Gasteiger partial charge is 0.0547 e. The minimum Gasteiger partial charge on any atom is -0.381 e. The molecular weight excluding hydrogens is 200 g/mol. The fourth-order valence-corrected chi connectivity index (χ4v) is 2.62. The summed E-state index contributed by atoms with van der Waals surface area (Å²) in [4.78, 5) is 2.46. The van der Waals surface area contributed by atoms with Crippen LogP contribution in [0.15, 0.2) is 0 Å². The first-order valence-electron chi connectivity index (χ1n) is 6.55. The second kappa shape index (κ2) is 6.58. The Kier molecular flexibility index (Phi) is 5.73. The molecule has 1 rings (SSSR count). The number of ether oxygens (including phenoxy) is 1. The van der Waals surface area contributed by atoms with E-state index in [1.165, 1.54) is 13.0 Å². The summed E-state index contributed by atoms with van der Waals surface area (Å²) >= 11 is 0. The molecule has 0 radical (unpaired) electrons. The maximum atomic E-state index is 5.60. The van der Waals surface area contributed by atoms with Gasteiger partial charge in [-0.2, -0.15) is 0 Å². The van der Waals surface area contributed by atoms with Crippen molar-refractivity contribution in [1.29, 1.82) is 0 Å². The van der Waals surface area contributed by atoms with E-state index in [1.54, 1.807) is 0 Å². The number of hydrogen-bond acceptors (Lipinski definition) is 3. The Hall–Kier alpha value is -0.120. The van der Waals surface area contributed by atoms with Crippen LogP contribution in [0.5, 0.6) is 0 Å². The zero-order valence-electron chi connectivity index (χ0n) is 11.4. The van der Waals surface area contributed by atoms with Crippen molar-refractivity contribution in [3.05, 3.63) is 0 Å². The number of rotatable bonds is 7. The second-order valence-electron chi connectivity index (χ2n) is 5.67. The normalized spacial score (nSPS) is 25.9. The van der Waals surface area contributed by atoms with E-state index in [4.69, 9.17) is 4.74 Å². The number of nitrogens with one attached hydrogen (secondary N) is 1. The van der Waals surface area contributed by atoms with Crippen LogP contribution in [0.25, 0.3) is 0 Å². The highest BCUT2D eigenvalue weighted by molar-refractivity contribution is 4.87. The van der Waals surface area contributed by atoms with Crippen LogP contribution in [-0.2, 0) is 4.74 Å². The highest BCUT2D eigenvalue weighted by atomic mass is 16.5. The molecule has 0 aromatic heterocycles. The third kappa shape index (κ3) is 4.40. The Balaban J connectivity index is 2.43. The van der Waals surface area contributed by atoms with Crippen molar-refractivity contribution in [2.45, 2.75) is 27.2 Å². The van der Waals surface area contributed by atoms with E-state index in [0.717, 1.165) is 38.8 Å². The summed E-state index contributed by atoms with van der Waals surface area (Å²) in [6.45, 7) is 13.0. The summed E-state index contributed by atoms with van der Waals surface area (Å²) in [6.07, 6.45) is 1.20. The van der Waals surface area contributed by atoms with Crippen LogP contribution in [0, 0.1) is 11.3 Å². The van der Waals surface area contributed by atoms with E-state index in [0.29, 0.717) is 5.41 Å². The molecule has 0 aromatic rings. The molecule has 16 heavy (non-hydrogen) atoms. The van der Waals surface area contributed by atoms with Crippen molar-refractivity contribution in [2.75, 3.05) is 46.4 Å². The highest BCUT2D eigenvalue weighted by Crippen LogP contribution is 2.28. The van der Waals surface area contributed by atoms with Gasteiger partial charge in [0, 0.05) is 31.7 Å². The molecule has 0 bridgehead atoms. The lowest BCUT2D eigenvalue weighted by Gasteiger charge is -2.33. The van der Waals surface area contributed by atoms with Gasteiger partial charge in [-0.25, -0.2) is 0 Å². The minimum absolute atomic E-state index is 0.347. The van der Waals surface area contributed by atoms with Crippen molar-refractivity contribution >= 4 is 0 Å². The maximum absolute atomic E-state index is 5.60. The molecule has 1 fully saturated rings. The summed E-state index contributed by atoms with van der Waals surface area (Å²) in [6, 6.07) is 0. The third-order valence-corrected chi connectivity index (χ3v) is 3.22. The molecule has 0 amide bonds. The van der Waals surface area contributed by atoms with Gasteiger partial charge in [-0.05, 0) is 25.9 Å². The van der Waals surface area contributed by atoms with Gasteiger partial charge in [0.1, 0.15) is 0 Å². The van der Waals surface area contributed by atoms with E-state index in [1.807, 2.05) is 0 Å². The predicted molar refractivity (Wildman–Crippen MR) is 68.7 cm³/mol. The van der Waals surface area contributed by atoms with Crippen molar-refractivity contribution < 1.29 is 4.74 Å². The summed E-state index contributed by atoms with van der Waals surface area (Å²) in [7, 11) is 2.23. The fourth-order valence-electron chi connectivity index (χ4n) is 2.62. The average Bonchev–Trinajstić information content (AvgIpc) is 2.62. The fraction of sp³-hybridized carbons (Fsp3) is 1.00. The average molecular weight is 228 g/mol. The van der Waals surface area contributed by atoms with Crippen molar-refractivity contribution in [3.63, 3.8) is 0 Å². The van der Waals surface area contributed by atoms with Crippen molar-refractivity contribution in [3.8, 4) is 0 Å². The van der Waals surface area contributed by atoms with Gasteiger partial charge in [-0.3, -0.25) is 0 Å². The van der Waals surface area contributed by atoms with Crippen LogP contribution in [0.2, 0.25) is 0 Å². The van der Waals surface area contributed by atoms with Crippen LogP contribution in [-0.4, -0.2) is 51.3 Å². The molecule has 1 N–H and O–H groups in total. The van der Waals surface area contributed by atoms with Gasteiger partial charge in [-0.15, -0.1) is 0 Å². The van der Waals surface area contributed by atoms with E-state index >= 15 is 0 Å². The Morgan fingerprint density at radius 1 is 1.44 bits per heavy atom. The Bertz CT molecular complexity index is 188. The van der Waals surface area contributed by atoms with Gasteiger partial charge >= 0.3 is 0 Å². The number of nitrogens with zero attached hydrogens (tertiary/aromatic N) is 1. The minimum atomic E-state index is 0.347. The lowest BCUT2D eigenvalue weighted by atomic mass is 9.86. The lowest BCUT2D eigenvalue weighted by Crippen LogP contribution is -2.44. The Morgan fingerprint density at radius 2 is 2.19 bits per heavy atom. The summed E-state index contributed by atoms with van der Waals surface area (Å²) in [5.41, 5.74) is 0.347. The first-order valence-corrected chi connectivity index (χ1v) is 6.55. The van der Waals surface area contributed by atoms with Gasteiger partial charge < -0.3 is 15.0 Å². The molecule has 0 spiro atoms. The predicted octanol–water partition coefficient (Wildman–Crippen LogP) is 1.59. The largest absolute Gasteiger partial charge is 0.381 e. The molecule has 3 heteroatoms. The molecule has 1 heterocycles. The van der Waals surface area contributed by atoms with Gasteiger partial charge in [-0.1, -0.05) is 20.8 Å². The monoisotopic (exact) mass is 228 g/mol. The van der Waals surface area contributed by atoms with Crippen molar-refractivity contribution in [2.24, 2.45) is 11.3 Å². The molecule has 1 aliphatic rings. The first kappa shape index (κ1) is 13.9. The van der Waals surface area contributed by atoms with E-state index in [2.05, 4.69) is 38.0 Å². The van der Waals surface area contributed by atoms with Crippen LogP contribution < -0.4 is 5.32 Å². The van der Waals surface area contributed by atoms with Crippen molar-refractivity contribution in [1.82, 2.24) is 10.2 Å². The standard InChI is InChI=1S/C13H28N2O/c1-5-14-9-13(6-7-16-11-13)10-15(4)8-12(2)3/h12,14H,5-11H2,1-4H3. The Labute approximate surface area is 101 Å². The molecule has 1 aliphatic heterocycles. The lowest BCUT2D eigenvalue weighted by molar-refractivity contribution is 0.115. The molecular formula is C13H28N2O. The van der Waals surface area contributed by atoms with E-state index in [-0.39, 0.29) is 0 Å². The Morgan fingerprint density at radius 3 is 2.69 bits per heavy atom. The molecule has 3 nitrogen and oxygen atoms in total. The summed E-state index contributed by atoms with van der Waals surface area (Å²) in [5, 5.41) is 3.48. The number of hydrogen-bond donors (Lipinski definition) is 1. The second-order valence-corrected chi connectivity index (χ2v) is 5.67. The molecule has 0 saturated carbocycles. The molecule has 0 aromatic carbocycles. The quantitative estimate of drug-likeness (QED) is 0.716. The summed E-state index contributed by atoms with van der Waals surface area (Å²) in [5.74, 6) is 0.739. The molecule has 96 valence electrons. The van der Waals surface area contributed by atoms with Crippen LogP contribution in [0.3, 0.4) is 0 Å². The molecule has 0 aliphatic carbocycles. The van der Waals surface area contributed by atoms with Gasteiger partial charge in [0.2, 0.25) is 0 Å². The zero-order chi connectivity index (χ0) is 12.0. The zero-order valence-corrected chi connectivity index (χ0v) is 11.4. The third-order valence-electron chi connectivity index (χ3n) is 3.22.